The molecule has 0 aliphatic heterocycles. The standard InChI is InChI=1S/C14H13FN2O3/c15-12-3-6-14(17(18)19)11(7-12)9-20-13-4-1-10(8-16)2-5-13/h1-7H,8-9,16H2. The van der Waals surface area contributed by atoms with Crippen molar-refractivity contribution in [2.24, 2.45) is 5.73 Å². The van der Waals surface area contributed by atoms with Crippen molar-refractivity contribution in [2.75, 3.05) is 0 Å². The van der Waals surface area contributed by atoms with Gasteiger partial charge in [0.15, 0.2) is 0 Å². The van der Waals surface area contributed by atoms with Crippen LogP contribution in [0, 0.1) is 15.9 Å². The molecule has 0 unspecified atom stereocenters. The summed E-state index contributed by atoms with van der Waals surface area (Å²) >= 11 is 0. The van der Waals surface area contributed by atoms with E-state index in [1.807, 2.05) is 0 Å². The van der Waals surface area contributed by atoms with E-state index in [-0.39, 0.29) is 17.9 Å². The number of nitro groups is 1. The van der Waals surface area contributed by atoms with E-state index in [0.717, 1.165) is 23.8 Å². The van der Waals surface area contributed by atoms with Crippen molar-refractivity contribution in [3.63, 3.8) is 0 Å². The van der Waals surface area contributed by atoms with E-state index >= 15 is 0 Å². The predicted molar refractivity (Wildman–Crippen MR) is 71.7 cm³/mol. The van der Waals surface area contributed by atoms with Gasteiger partial charge in [-0.2, -0.15) is 0 Å². The van der Waals surface area contributed by atoms with Gasteiger partial charge in [-0.25, -0.2) is 4.39 Å². The van der Waals surface area contributed by atoms with Crippen LogP contribution in [0.1, 0.15) is 11.1 Å². The first-order valence-electron chi connectivity index (χ1n) is 5.95. The lowest BCUT2D eigenvalue weighted by Gasteiger charge is -2.07. The van der Waals surface area contributed by atoms with Crippen LogP contribution in [-0.2, 0) is 13.2 Å². The quantitative estimate of drug-likeness (QED) is 0.672. The summed E-state index contributed by atoms with van der Waals surface area (Å²) < 4.78 is 18.6. The van der Waals surface area contributed by atoms with Crippen molar-refractivity contribution in [2.45, 2.75) is 13.2 Å². The van der Waals surface area contributed by atoms with Crippen LogP contribution < -0.4 is 10.5 Å². The van der Waals surface area contributed by atoms with E-state index in [2.05, 4.69) is 0 Å². The van der Waals surface area contributed by atoms with Crippen molar-refractivity contribution < 1.29 is 14.1 Å². The second-order valence-corrected chi connectivity index (χ2v) is 4.17. The Morgan fingerprint density at radius 2 is 1.90 bits per heavy atom. The molecular weight excluding hydrogens is 263 g/mol. The van der Waals surface area contributed by atoms with E-state index < -0.39 is 10.7 Å². The van der Waals surface area contributed by atoms with Gasteiger partial charge in [0.05, 0.1) is 10.5 Å². The highest BCUT2D eigenvalue weighted by molar-refractivity contribution is 5.40. The SMILES string of the molecule is NCc1ccc(OCc2cc(F)ccc2[N+](=O)[O-])cc1. The number of hydrogen-bond acceptors (Lipinski definition) is 4. The third-order valence-corrected chi connectivity index (χ3v) is 2.79. The van der Waals surface area contributed by atoms with Gasteiger partial charge in [0.25, 0.3) is 5.69 Å². The highest BCUT2D eigenvalue weighted by Gasteiger charge is 2.14. The predicted octanol–water partition coefficient (Wildman–Crippen LogP) is 2.77. The van der Waals surface area contributed by atoms with Crippen LogP contribution in [0.5, 0.6) is 5.75 Å². The van der Waals surface area contributed by atoms with Gasteiger partial charge < -0.3 is 10.5 Å². The molecule has 0 fully saturated rings. The van der Waals surface area contributed by atoms with Gasteiger partial charge in [-0.3, -0.25) is 10.1 Å². The smallest absolute Gasteiger partial charge is 0.276 e. The number of halogens is 1. The first-order valence-corrected chi connectivity index (χ1v) is 5.95. The van der Waals surface area contributed by atoms with Crippen molar-refractivity contribution in [3.8, 4) is 5.75 Å². The van der Waals surface area contributed by atoms with Crippen LogP contribution in [-0.4, -0.2) is 4.92 Å². The average molecular weight is 276 g/mol. The normalized spacial score (nSPS) is 10.3. The molecule has 0 spiro atoms. The first-order chi connectivity index (χ1) is 9.60. The molecule has 0 aliphatic carbocycles. The second-order valence-electron chi connectivity index (χ2n) is 4.17. The molecule has 0 aromatic heterocycles. The number of rotatable bonds is 5. The number of hydrogen-bond donors (Lipinski definition) is 1. The lowest BCUT2D eigenvalue weighted by atomic mass is 10.2. The molecule has 20 heavy (non-hydrogen) atoms. The van der Waals surface area contributed by atoms with Gasteiger partial charge >= 0.3 is 0 Å². The summed E-state index contributed by atoms with van der Waals surface area (Å²) in [4.78, 5) is 10.3. The maximum Gasteiger partial charge on any atom is 0.276 e. The van der Waals surface area contributed by atoms with Crippen LogP contribution in [0.2, 0.25) is 0 Å². The Labute approximate surface area is 114 Å². The first kappa shape index (κ1) is 14.0. The zero-order valence-electron chi connectivity index (χ0n) is 10.6. The summed E-state index contributed by atoms with van der Waals surface area (Å²) in [6, 6.07) is 10.3. The molecular formula is C14H13FN2O3. The molecule has 0 atom stereocenters. The molecule has 0 heterocycles. The Bertz CT molecular complexity index is 614. The molecule has 6 heteroatoms. The summed E-state index contributed by atoms with van der Waals surface area (Å²) in [6.07, 6.45) is 0. The molecule has 0 bridgehead atoms. The summed E-state index contributed by atoms with van der Waals surface area (Å²) in [5, 5.41) is 10.8. The highest BCUT2D eigenvalue weighted by atomic mass is 19.1. The zero-order chi connectivity index (χ0) is 14.5. The fourth-order valence-electron chi connectivity index (χ4n) is 1.73. The molecule has 0 saturated carbocycles. The molecule has 2 rings (SSSR count). The fraction of sp³-hybridized carbons (Fsp3) is 0.143. The Balaban J connectivity index is 2.13. The van der Waals surface area contributed by atoms with Gasteiger partial charge in [-0.05, 0) is 29.8 Å². The van der Waals surface area contributed by atoms with Crippen molar-refractivity contribution in [3.05, 3.63) is 69.5 Å². The minimum atomic E-state index is -0.560. The molecule has 0 radical (unpaired) electrons. The minimum absolute atomic E-state index is 0.0734. The highest BCUT2D eigenvalue weighted by Crippen LogP contribution is 2.22. The van der Waals surface area contributed by atoms with E-state index in [4.69, 9.17) is 10.5 Å². The molecule has 104 valence electrons. The third kappa shape index (κ3) is 3.30. The molecule has 2 aromatic carbocycles. The maximum absolute atomic E-state index is 13.1. The Hall–Kier alpha value is -2.47. The second kappa shape index (κ2) is 6.12. The van der Waals surface area contributed by atoms with Crippen LogP contribution >= 0.6 is 0 Å². The zero-order valence-corrected chi connectivity index (χ0v) is 10.6. The Morgan fingerprint density at radius 3 is 2.50 bits per heavy atom. The van der Waals surface area contributed by atoms with E-state index in [1.165, 1.54) is 0 Å². The molecule has 2 N–H and O–H groups in total. The van der Waals surface area contributed by atoms with Crippen LogP contribution in [0.3, 0.4) is 0 Å². The van der Waals surface area contributed by atoms with Gasteiger partial charge in [0.2, 0.25) is 0 Å². The van der Waals surface area contributed by atoms with Gasteiger partial charge in [-0.1, -0.05) is 12.1 Å². The number of ether oxygens (including phenoxy) is 1. The lowest BCUT2D eigenvalue weighted by Crippen LogP contribution is -2.02. The molecule has 0 aliphatic rings. The molecule has 5 nitrogen and oxygen atoms in total. The van der Waals surface area contributed by atoms with Gasteiger partial charge in [0, 0.05) is 12.6 Å². The average Bonchev–Trinajstić information content (AvgIpc) is 2.45. The van der Waals surface area contributed by atoms with E-state index in [9.17, 15) is 14.5 Å². The monoisotopic (exact) mass is 276 g/mol. The number of nitro benzene ring substituents is 1. The van der Waals surface area contributed by atoms with Crippen molar-refractivity contribution in [1.29, 1.82) is 0 Å². The summed E-state index contributed by atoms with van der Waals surface area (Å²) in [7, 11) is 0. The summed E-state index contributed by atoms with van der Waals surface area (Å²) in [6.45, 7) is 0.353. The number of benzene rings is 2. The maximum atomic E-state index is 13.1. The van der Waals surface area contributed by atoms with E-state index in [0.29, 0.717) is 12.3 Å². The van der Waals surface area contributed by atoms with E-state index in [1.54, 1.807) is 24.3 Å². The fourth-order valence-corrected chi connectivity index (χ4v) is 1.73. The third-order valence-electron chi connectivity index (χ3n) is 2.79. The molecule has 2 aromatic rings. The largest absolute Gasteiger partial charge is 0.489 e. The summed E-state index contributed by atoms with van der Waals surface area (Å²) in [5.74, 6) is 0.00781. The van der Waals surface area contributed by atoms with Gasteiger partial charge in [-0.15, -0.1) is 0 Å². The Morgan fingerprint density at radius 1 is 1.20 bits per heavy atom. The van der Waals surface area contributed by atoms with Crippen molar-refractivity contribution >= 4 is 5.69 Å². The lowest BCUT2D eigenvalue weighted by molar-refractivity contribution is -0.385. The van der Waals surface area contributed by atoms with Crippen LogP contribution in [0.15, 0.2) is 42.5 Å². The number of nitrogens with zero attached hydrogens (tertiary/aromatic N) is 1. The number of nitrogens with two attached hydrogens (primary N) is 1. The van der Waals surface area contributed by atoms with Crippen molar-refractivity contribution in [1.82, 2.24) is 0 Å². The van der Waals surface area contributed by atoms with Crippen LogP contribution in [0.4, 0.5) is 10.1 Å². The minimum Gasteiger partial charge on any atom is -0.489 e. The molecule has 0 saturated heterocycles. The Kier molecular flexibility index (Phi) is 4.27. The molecule has 0 amide bonds. The summed E-state index contributed by atoms with van der Waals surface area (Å²) in [5.41, 5.74) is 6.46. The van der Waals surface area contributed by atoms with Gasteiger partial charge in [0.1, 0.15) is 18.2 Å². The topological polar surface area (TPSA) is 78.4 Å². The van der Waals surface area contributed by atoms with Crippen LogP contribution in [0.25, 0.3) is 0 Å².